The zero-order valence-electron chi connectivity index (χ0n) is 19.6. The molecule has 0 radical (unpaired) electrons. The number of carbonyl (C=O) groups is 2. The number of rotatable bonds is 7. The third-order valence-corrected chi connectivity index (χ3v) is 6.86. The Balaban J connectivity index is 1.35. The van der Waals surface area contributed by atoms with Gasteiger partial charge in [0.05, 0.1) is 5.56 Å². The molecule has 8 heteroatoms. The highest BCUT2D eigenvalue weighted by atomic mass is 32.2. The molecule has 1 atom stereocenters. The maximum absolute atomic E-state index is 14.0. The lowest BCUT2D eigenvalue weighted by Crippen LogP contribution is -2.20. The van der Waals surface area contributed by atoms with Gasteiger partial charge in [-0.25, -0.2) is 4.39 Å². The predicted molar refractivity (Wildman–Crippen MR) is 142 cm³/mol. The summed E-state index contributed by atoms with van der Waals surface area (Å²) < 4.78 is 25.2. The number of amides is 2. The van der Waals surface area contributed by atoms with E-state index in [-0.39, 0.29) is 11.5 Å². The van der Waals surface area contributed by atoms with Crippen molar-refractivity contribution in [3.05, 3.63) is 114 Å². The highest BCUT2D eigenvalue weighted by Gasteiger charge is 2.23. The number of thioether (sulfide) groups is 1. The SMILES string of the molecule is O=C(Nc1cccc(SC(C(=O)Nc2ccc3c(c2)OCCO3)c2ccccc2)c1)c1ccccc1F. The van der Waals surface area contributed by atoms with Crippen LogP contribution in [0.1, 0.15) is 21.2 Å². The van der Waals surface area contributed by atoms with E-state index in [0.717, 1.165) is 10.5 Å². The van der Waals surface area contributed by atoms with Gasteiger partial charge in [-0.3, -0.25) is 9.59 Å². The molecule has 0 aromatic heterocycles. The summed E-state index contributed by atoms with van der Waals surface area (Å²) in [4.78, 5) is 26.8. The van der Waals surface area contributed by atoms with Crippen LogP contribution >= 0.6 is 11.8 Å². The number of benzene rings is 4. The Bertz CT molecular complexity index is 1430. The van der Waals surface area contributed by atoms with Crippen molar-refractivity contribution in [2.75, 3.05) is 23.8 Å². The first-order valence-corrected chi connectivity index (χ1v) is 12.5. The number of hydrogen-bond donors (Lipinski definition) is 2. The fraction of sp³-hybridized carbons (Fsp3) is 0.103. The van der Waals surface area contributed by atoms with Crippen LogP contribution in [0.2, 0.25) is 0 Å². The minimum atomic E-state index is -0.592. The maximum Gasteiger partial charge on any atom is 0.258 e. The molecule has 5 rings (SSSR count). The van der Waals surface area contributed by atoms with Crippen LogP contribution in [0.15, 0.2) is 102 Å². The van der Waals surface area contributed by atoms with Crippen molar-refractivity contribution in [1.29, 1.82) is 0 Å². The van der Waals surface area contributed by atoms with E-state index in [1.807, 2.05) is 36.4 Å². The molecule has 0 saturated carbocycles. The van der Waals surface area contributed by atoms with E-state index in [9.17, 15) is 14.0 Å². The molecule has 4 aromatic carbocycles. The summed E-state index contributed by atoms with van der Waals surface area (Å²) in [5.74, 6) is -0.117. The van der Waals surface area contributed by atoms with Crippen LogP contribution in [-0.4, -0.2) is 25.0 Å². The van der Waals surface area contributed by atoms with E-state index in [0.29, 0.717) is 36.1 Å². The molecule has 2 amide bonds. The van der Waals surface area contributed by atoms with Crippen molar-refractivity contribution >= 4 is 35.0 Å². The number of carbonyl (C=O) groups excluding carboxylic acids is 2. The first kappa shape index (κ1) is 24.4. The zero-order valence-corrected chi connectivity index (χ0v) is 20.5. The van der Waals surface area contributed by atoms with Crippen molar-refractivity contribution in [3.8, 4) is 11.5 Å². The highest BCUT2D eigenvalue weighted by Crippen LogP contribution is 2.38. The topological polar surface area (TPSA) is 76.7 Å². The number of halogens is 1. The third kappa shape index (κ3) is 5.92. The van der Waals surface area contributed by atoms with Crippen molar-refractivity contribution in [2.45, 2.75) is 10.1 Å². The van der Waals surface area contributed by atoms with E-state index in [1.54, 1.807) is 42.5 Å². The van der Waals surface area contributed by atoms with E-state index in [1.165, 1.54) is 30.0 Å². The minimum absolute atomic E-state index is 0.0403. The Morgan fingerprint density at radius 2 is 1.49 bits per heavy atom. The van der Waals surface area contributed by atoms with Gasteiger partial charge in [0.1, 0.15) is 24.3 Å². The van der Waals surface area contributed by atoms with Crippen molar-refractivity contribution < 1.29 is 23.5 Å². The minimum Gasteiger partial charge on any atom is -0.486 e. The van der Waals surface area contributed by atoms with Gasteiger partial charge < -0.3 is 20.1 Å². The average Bonchev–Trinajstić information content (AvgIpc) is 2.92. The van der Waals surface area contributed by atoms with Gasteiger partial charge in [0.25, 0.3) is 5.91 Å². The summed E-state index contributed by atoms with van der Waals surface area (Å²) in [5, 5.41) is 5.13. The number of ether oxygens (including phenoxy) is 2. The van der Waals surface area contributed by atoms with Crippen molar-refractivity contribution in [2.24, 2.45) is 0 Å². The largest absolute Gasteiger partial charge is 0.486 e. The first-order chi connectivity index (χ1) is 18.1. The van der Waals surface area contributed by atoms with Crippen LogP contribution in [0, 0.1) is 5.82 Å². The molecular weight excluding hydrogens is 491 g/mol. The average molecular weight is 515 g/mol. The Morgan fingerprint density at radius 3 is 2.30 bits per heavy atom. The number of anilines is 2. The van der Waals surface area contributed by atoms with Crippen LogP contribution < -0.4 is 20.1 Å². The lowest BCUT2D eigenvalue weighted by Gasteiger charge is -2.20. The molecule has 0 saturated heterocycles. The van der Waals surface area contributed by atoms with Crippen molar-refractivity contribution in [1.82, 2.24) is 0 Å². The predicted octanol–water partition coefficient (Wildman–Crippen LogP) is 6.32. The highest BCUT2D eigenvalue weighted by molar-refractivity contribution is 8.00. The number of nitrogens with one attached hydrogen (secondary N) is 2. The van der Waals surface area contributed by atoms with E-state index >= 15 is 0 Å². The van der Waals surface area contributed by atoms with Gasteiger partial charge in [0, 0.05) is 22.3 Å². The Hall–Kier alpha value is -4.30. The van der Waals surface area contributed by atoms with Gasteiger partial charge in [-0.15, -0.1) is 11.8 Å². The molecule has 1 unspecified atom stereocenters. The van der Waals surface area contributed by atoms with Crippen molar-refractivity contribution in [3.63, 3.8) is 0 Å². The van der Waals surface area contributed by atoms with E-state index < -0.39 is 17.0 Å². The van der Waals surface area contributed by atoms with Crippen LogP contribution in [0.3, 0.4) is 0 Å². The van der Waals surface area contributed by atoms with Gasteiger partial charge in [0.15, 0.2) is 11.5 Å². The molecule has 1 aliphatic heterocycles. The smallest absolute Gasteiger partial charge is 0.258 e. The summed E-state index contributed by atoms with van der Waals surface area (Å²) in [5.41, 5.74) is 1.88. The normalized spacial score (nSPS) is 12.9. The molecule has 4 aromatic rings. The summed E-state index contributed by atoms with van der Waals surface area (Å²) in [7, 11) is 0. The molecular formula is C29H23FN2O4S. The number of hydrogen-bond acceptors (Lipinski definition) is 5. The molecule has 186 valence electrons. The summed E-state index contributed by atoms with van der Waals surface area (Å²) >= 11 is 1.34. The second kappa shape index (κ2) is 11.2. The number of fused-ring (bicyclic) bond motifs is 1. The monoisotopic (exact) mass is 514 g/mol. The van der Waals surface area contributed by atoms with Gasteiger partial charge in [-0.05, 0) is 48.0 Å². The fourth-order valence-electron chi connectivity index (χ4n) is 3.86. The molecule has 2 N–H and O–H groups in total. The molecule has 1 heterocycles. The Kier molecular flexibility index (Phi) is 7.37. The third-order valence-electron chi connectivity index (χ3n) is 5.61. The van der Waals surface area contributed by atoms with Gasteiger partial charge in [-0.1, -0.05) is 48.5 Å². The maximum atomic E-state index is 14.0. The first-order valence-electron chi connectivity index (χ1n) is 11.6. The quantitative estimate of drug-likeness (QED) is 0.282. The summed E-state index contributed by atoms with van der Waals surface area (Å²) in [6.07, 6.45) is 0. The van der Waals surface area contributed by atoms with Crippen LogP contribution in [-0.2, 0) is 4.79 Å². The molecule has 6 nitrogen and oxygen atoms in total. The standard InChI is InChI=1S/C29H23FN2O4S/c30-24-12-5-4-11-23(24)28(33)31-20-9-6-10-22(17-20)37-27(19-7-2-1-3-8-19)29(34)32-21-13-14-25-26(18-21)36-16-15-35-25/h1-14,17-18,27H,15-16H2,(H,31,33)(H,32,34). The lowest BCUT2D eigenvalue weighted by molar-refractivity contribution is -0.115. The summed E-state index contributed by atoms with van der Waals surface area (Å²) in [6.45, 7) is 0.946. The summed E-state index contributed by atoms with van der Waals surface area (Å²) in [6, 6.07) is 27.7. The van der Waals surface area contributed by atoms with Gasteiger partial charge in [0.2, 0.25) is 5.91 Å². The Morgan fingerprint density at radius 1 is 0.757 bits per heavy atom. The molecule has 0 aliphatic carbocycles. The molecule has 0 spiro atoms. The van der Waals surface area contributed by atoms with Gasteiger partial charge >= 0.3 is 0 Å². The van der Waals surface area contributed by atoms with E-state index in [2.05, 4.69) is 10.6 Å². The second-order valence-corrected chi connectivity index (χ2v) is 9.40. The van der Waals surface area contributed by atoms with Gasteiger partial charge in [-0.2, -0.15) is 0 Å². The van der Waals surface area contributed by atoms with Crippen LogP contribution in [0.25, 0.3) is 0 Å². The second-order valence-electron chi connectivity index (χ2n) is 8.22. The molecule has 0 fully saturated rings. The fourth-order valence-corrected chi connectivity index (χ4v) is 4.94. The van der Waals surface area contributed by atoms with Crippen LogP contribution in [0.5, 0.6) is 11.5 Å². The molecule has 1 aliphatic rings. The Labute approximate surface area is 217 Å². The zero-order chi connectivity index (χ0) is 25.6. The van der Waals surface area contributed by atoms with Crippen LogP contribution in [0.4, 0.5) is 15.8 Å². The molecule has 37 heavy (non-hydrogen) atoms. The lowest BCUT2D eigenvalue weighted by atomic mass is 10.1. The van der Waals surface area contributed by atoms with E-state index in [4.69, 9.17) is 9.47 Å². The molecule has 0 bridgehead atoms.